The minimum atomic E-state index is -3.30. The summed E-state index contributed by atoms with van der Waals surface area (Å²) >= 11 is 0. The molecular formula is C43H49N9O9S. The van der Waals surface area contributed by atoms with Gasteiger partial charge in [0, 0.05) is 79.2 Å². The van der Waals surface area contributed by atoms with E-state index in [1.54, 1.807) is 54.6 Å². The minimum absolute atomic E-state index is 0.0289. The molecule has 326 valence electrons. The van der Waals surface area contributed by atoms with E-state index in [0.717, 1.165) is 28.1 Å². The number of carbonyl (C=O) groups excluding carboxylic acids is 4. The number of aromatic nitrogens is 1. The number of aliphatic imine (C=N–C) groups is 1. The van der Waals surface area contributed by atoms with Gasteiger partial charge in [0.25, 0.3) is 5.91 Å². The molecule has 2 atom stereocenters. The number of rotatable bonds is 16. The van der Waals surface area contributed by atoms with Crippen LogP contribution in [0.1, 0.15) is 41.4 Å². The number of ether oxygens (including phenoxy) is 2. The Kier molecular flexibility index (Phi) is 13.8. The van der Waals surface area contributed by atoms with E-state index in [2.05, 4.69) is 30.8 Å². The van der Waals surface area contributed by atoms with Gasteiger partial charge < -0.3 is 40.7 Å². The van der Waals surface area contributed by atoms with Gasteiger partial charge >= 0.3 is 0 Å². The second-order valence-corrected chi connectivity index (χ2v) is 17.0. The number of piperidine rings is 1. The van der Waals surface area contributed by atoms with E-state index in [1.165, 1.54) is 0 Å². The number of pyridine rings is 1. The number of amides is 4. The first-order chi connectivity index (χ1) is 29.9. The number of anilines is 3. The lowest BCUT2D eigenvalue weighted by Gasteiger charge is -2.36. The Labute approximate surface area is 359 Å². The van der Waals surface area contributed by atoms with Crippen molar-refractivity contribution in [2.24, 2.45) is 10.7 Å². The van der Waals surface area contributed by atoms with E-state index in [-0.39, 0.29) is 42.6 Å². The molecule has 0 saturated carbocycles. The zero-order chi connectivity index (χ0) is 43.8. The number of aliphatic hydroxyl groups excluding tert-OH is 1. The van der Waals surface area contributed by atoms with Gasteiger partial charge in [-0.1, -0.05) is 24.3 Å². The number of nitrogens with two attached hydrogens (primary N) is 1. The van der Waals surface area contributed by atoms with Crippen molar-refractivity contribution in [2.45, 2.75) is 36.4 Å². The van der Waals surface area contributed by atoms with Gasteiger partial charge in [0.1, 0.15) is 6.04 Å². The maximum Gasteiger partial charge on any atom is 0.257 e. The fourth-order valence-electron chi connectivity index (χ4n) is 7.52. The number of benzene rings is 3. The average Bonchev–Trinajstić information content (AvgIpc) is 3.51. The summed E-state index contributed by atoms with van der Waals surface area (Å²) in [4.78, 5) is 64.3. The van der Waals surface area contributed by atoms with Crippen molar-refractivity contribution in [3.63, 3.8) is 0 Å². The second kappa shape index (κ2) is 19.5. The number of guanidine groups is 1. The summed E-state index contributed by atoms with van der Waals surface area (Å²) in [6, 6.07) is 23.7. The van der Waals surface area contributed by atoms with Gasteiger partial charge in [-0.3, -0.25) is 29.4 Å². The molecule has 2 unspecified atom stereocenters. The zero-order valence-corrected chi connectivity index (χ0v) is 35.0. The van der Waals surface area contributed by atoms with Crippen molar-refractivity contribution >= 4 is 62.3 Å². The predicted molar refractivity (Wildman–Crippen MR) is 231 cm³/mol. The van der Waals surface area contributed by atoms with Gasteiger partial charge in [-0.25, -0.2) is 13.4 Å². The van der Waals surface area contributed by atoms with Gasteiger partial charge in [0.2, 0.25) is 17.7 Å². The van der Waals surface area contributed by atoms with Crippen LogP contribution in [0.5, 0.6) is 0 Å². The molecule has 0 spiro atoms. The summed E-state index contributed by atoms with van der Waals surface area (Å²) in [6.45, 7) is 4.16. The maximum atomic E-state index is 13.1. The standard InChI is InChI=1S/C43H49N9O9S/c1-62(58,59)31-14-8-28(9-15-31)33-5-3-7-36(47-33)48-43(44)46-29-10-12-30(13-11-29)50-20-22-51(23-21-50)38(54)18-24-60-26-27-61-25-19-45-34-6-2-4-32-39(34)42(57)52(41(32)56)35-16-17-37(53)49-40(35)55/h2-15,35,42,45,57H,16-27H2,1H3,(H,49,53,55)(H3,44,46,47,48). The van der Waals surface area contributed by atoms with Crippen LogP contribution in [-0.2, 0) is 33.7 Å². The molecule has 0 bridgehead atoms. The Hall–Kier alpha value is -6.41. The normalized spacial score (nSPS) is 18.1. The number of piperazine rings is 1. The highest BCUT2D eigenvalue weighted by molar-refractivity contribution is 7.90. The number of hydrogen-bond acceptors (Lipinski definition) is 13. The zero-order valence-electron chi connectivity index (χ0n) is 34.2. The monoisotopic (exact) mass is 867 g/mol. The molecule has 62 heavy (non-hydrogen) atoms. The van der Waals surface area contributed by atoms with Gasteiger partial charge in [-0.05, 0) is 67.1 Å². The number of imide groups is 1. The van der Waals surface area contributed by atoms with Crippen molar-refractivity contribution in [1.82, 2.24) is 20.1 Å². The first kappa shape index (κ1) is 43.7. The summed E-state index contributed by atoms with van der Waals surface area (Å²) in [5.74, 6) is -0.887. The third-order valence-electron chi connectivity index (χ3n) is 10.7. The molecule has 6 N–H and O–H groups in total. The van der Waals surface area contributed by atoms with Crippen LogP contribution in [0.25, 0.3) is 11.3 Å². The van der Waals surface area contributed by atoms with Crippen molar-refractivity contribution in [3.05, 3.63) is 96.1 Å². The number of nitrogens with one attached hydrogen (secondary N) is 3. The van der Waals surface area contributed by atoms with Crippen molar-refractivity contribution in [3.8, 4) is 11.3 Å². The molecule has 4 heterocycles. The molecule has 3 aromatic carbocycles. The number of carbonyl (C=O) groups is 4. The summed E-state index contributed by atoms with van der Waals surface area (Å²) in [5, 5.41) is 19.6. The smallest absolute Gasteiger partial charge is 0.257 e. The van der Waals surface area contributed by atoms with Crippen molar-refractivity contribution in [2.75, 3.05) is 80.9 Å². The second-order valence-electron chi connectivity index (χ2n) is 14.9. The molecule has 3 aliphatic rings. The van der Waals surface area contributed by atoms with Gasteiger partial charge in [-0.2, -0.15) is 4.99 Å². The van der Waals surface area contributed by atoms with E-state index in [4.69, 9.17) is 15.2 Å². The van der Waals surface area contributed by atoms with Crippen LogP contribution in [0.15, 0.2) is 94.8 Å². The van der Waals surface area contributed by atoms with Crippen LogP contribution in [0, 0.1) is 0 Å². The molecule has 4 aromatic rings. The molecule has 2 saturated heterocycles. The first-order valence-corrected chi connectivity index (χ1v) is 22.1. The Bertz CT molecular complexity index is 2420. The number of sulfone groups is 1. The van der Waals surface area contributed by atoms with Crippen LogP contribution in [0.3, 0.4) is 0 Å². The average molecular weight is 868 g/mol. The molecule has 0 radical (unpaired) electrons. The Morgan fingerprint density at radius 2 is 1.63 bits per heavy atom. The quantitative estimate of drug-likeness (QED) is 0.0471. The molecule has 19 heteroatoms. The number of nitrogens with zero attached hydrogens (tertiary/aromatic N) is 5. The lowest BCUT2D eigenvalue weighted by atomic mass is 10.0. The fraction of sp³-hybridized carbons (Fsp3) is 0.349. The molecule has 1 aromatic heterocycles. The van der Waals surface area contributed by atoms with Crippen molar-refractivity contribution < 1.29 is 42.2 Å². The highest BCUT2D eigenvalue weighted by atomic mass is 32.2. The Morgan fingerprint density at radius 3 is 2.34 bits per heavy atom. The van der Waals surface area contributed by atoms with E-state index < -0.39 is 39.8 Å². The van der Waals surface area contributed by atoms with Crippen LogP contribution in [-0.4, -0.2) is 129 Å². The topological polar surface area (TPSA) is 238 Å². The number of aliphatic hydroxyl groups is 1. The molecule has 4 amide bonds. The maximum absolute atomic E-state index is 13.1. The lowest BCUT2D eigenvalue weighted by molar-refractivity contribution is -0.139. The number of fused-ring (bicyclic) bond motifs is 1. The van der Waals surface area contributed by atoms with Crippen LogP contribution in [0.4, 0.5) is 22.9 Å². The molecule has 18 nitrogen and oxygen atoms in total. The summed E-state index contributed by atoms with van der Waals surface area (Å²) in [5.41, 5.74) is 10.6. The van der Waals surface area contributed by atoms with E-state index in [1.807, 2.05) is 35.2 Å². The van der Waals surface area contributed by atoms with Gasteiger partial charge in [0.15, 0.2) is 27.8 Å². The van der Waals surface area contributed by atoms with E-state index >= 15 is 0 Å². The minimum Gasteiger partial charge on any atom is -0.382 e. The predicted octanol–water partition coefficient (Wildman–Crippen LogP) is 2.65. The number of hydrogen-bond donors (Lipinski definition) is 5. The molecular weight excluding hydrogens is 819 g/mol. The summed E-state index contributed by atoms with van der Waals surface area (Å²) in [7, 11) is -3.30. The van der Waals surface area contributed by atoms with E-state index in [0.29, 0.717) is 80.9 Å². The highest BCUT2D eigenvalue weighted by Gasteiger charge is 2.45. The third-order valence-corrected chi connectivity index (χ3v) is 11.8. The van der Waals surface area contributed by atoms with Gasteiger partial charge in [-0.15, -0.1) is 0 Å². The van der Waals surface area contributed by atoms with Crippen LogP contribution in [0.2, 0.25) is 0 Å². The largest absolute Gasteiger partial charge is 0.382 e. The van der Waals surface area contributed by atoms with Crippen LogP contribution < -0.4 is 26.6 Å². The SMILES string of the molecule is CS(=O)(=O)c1ccc(-c2cccc(N=C(N)Nc3ccc(N4CCN(C(=O)CCOCCOCCNc5cccc6c5C(O)N(C5CCC(=O)NC5=O)C6=O)CC4)cc3)n2)cc1. The summed E-state index contributed by atoms with van der Waals surface area (Å²) < 4.78 is 34.9. The summed E-state index contributed by atoms with van der Waals surface area (Å²) in [6.07, 6.45) is 0.331. The van der Waals surface area contributed by atoms with Crippen LogP contribution >= 0.6 is 0 Å². The van der Waals surface area contributed by atoms with E-state index in [9.17, 15) is 32.7 Å². The first-order valence-electron chi connectivity index (χ1n) is 20.2. The molecule has 0 aliphatic carbocycles. The lowest BCUT2D eigenvalue weighted by Crippen LogP contribution is -2.53. The third kappa shape index (κ3) is 10.5. The fourth-order valence-corrected chi connectivity index (χ4v) is 8.15. The molecule has 7 rings (SSSR count). The van der Waals surface area contributed by atoms with Gasteiger partial charge in [0.05, 0.1) is 43.4 Å². The Balaban J connectivity index is 0.768. The highest BCUT2D eigenvalue weighted by Crippen LogP contribution is 2.39. The van der Waals surface area contributed by atoms with Crippen molar-refractivity contribution in [1.29, 1.82) is 0 Å². The molecule has 3 aliphatic heterocycles. The molecule has 2 fully saturated rings. The Morgan fingerprint density at radius 1 is 0.919 bits per heavy atom.